The summed E-state index contributed by atoms with van der Waals surface area (Å²) in [6.45, 7) is 2.11. The number of carbonyl (C=O) groups is 1. The third-order valence-corrected chi connectivity index (χ3v) is 5.93. The summed E-state index contributed by atoms with van der Waals surface area (Å²) < 4.78 is 51.3. The molecule has 0 spiro atoms. The van der Waals surface area contributed by atoms with Gasteiger partial charge in [-0.15, -0.1) is 0 Å². The number of sulfonamides is 1. The van der Waals surface area contributed by atoms with E-state index >= 15 is 0 Å². The maximum atomic E-state index is 13.4. The van der Waals surface area contributed by atoms with Crippen LogP contribution in [0.1, 0.15) is 12.0 Å². The number of aryl methyl sites for hydroxylation is 1. The van der Waals surface area contributed by atoms with Gasteiger partial charge in [0.1, 0.15) is 23.0 Å². The molecule has 0 bridgehead atoms. The molecule has 2 rings (SSSR count). The molecule has 7 nitrogen and oxygen atoms in total. The monoisotopic (exact) mass is 424 g/mol. The number of amides is 1. The largest absolute Gasteiger partial charge is 0.495 e. The number of hydrogen-bond donors (Lipinski definition) is 1. The van der Waals surface area contributed by atoms with Gasteiger partial charge in [0, 0.05) is 20.3 Å². The molecule has 158 valence electrons. The molecule has 29 heavy (non-hydrogen) atoms. The molecule has 0 saturated carbocycles. The Morgan fingerprint density at radius 3 is 2.45 bits per heavy atom. The Labute approximate surface area is 170 Å². The molecule has 2 aromatic carbocycles. The van der Waals surface area contributed by atoms with Crippen LogP contribution in [0.2, 0.25) is 0 Å². The minimum absolute atomic E-state index is 0.0727. The Morgan fingerprint density at radius 2 is 1.83 bits per heavy atom. The van der Waals surface area contributed by atoms with Gasteiger partial charge >= 0.3 is 0 Å². The average molecular weight is 424 g/mol. The second-order valence-corrected chi connectivity index (χ2v) is 8.17. The van der Waals surface area contributed by atoms with Gasteiger partial charge in [-0.2, -0.15) is 0 Å². The number of benzene rings is 2. The van der Waals surface area contributed by atoms with Gasteiger partial charge in [0.25, 0.3) is 10.0 Å². The fourth-order valence-corrected chi connectivity index (χ4v) is 4.32. The van der Waals surface area contributed by atoms with Crippen molar-refractivity contribution in [1.29, 1.82) is 0 Å². The molecule has 0 aromatic heterocycles. The third-order valence-electron chi connectivity index (χ3n) is 4.14. The molecular weight excluding hydrogens is 399 g/mol. The van der Waals surface area contributed by atoms with Crippen LogP contribution < -0.4 is 14.4 Å². The van der Waals surface area contributed by atoms with E-state index in [0.717, 1.165) is 16.4 Å². The lowest BCUT2D eigenvalue weighted by Crippen LogP contribution is -2.41. The quantitative estimate of drug-likeness (QED) is 0.593. The van der Waals surface area contributed by atoms with Crippen molar-refractivity contribution in [3.63, 3.8) is 0 Å². The van der Waals surface area contributed by atoms with Crippen LogP contribution in [-0.2, 0) is 19.6 Å². The zero-order valence-electron chi connectivity index (χ0n) is 16.6. The summed E-state index contributed by atoms with van der Waals surface area (Å²) in [5.41, 5.74) is 0.884. The first-order valence-corrected chi connectivity index (χ1v) is 10.4. The highest BCUT2D eigenvalue weighted by Crippen LogP contribution is 2.30. The van der Waals surface area contributed by atoms with Crippen molar-refractivity contribution < 1.29 is 27.1 Å². The van der Waals surface area contributed by atoms with Crippen LogP contribution in [0.25, 0.3) is 0 Å². The van der Waals surface area contributed by atoms with Gasteiger partial charge in [-0.3, -0.25) is 9.10 Å². The summed E-state index contributed by atoms with van der Waals surface area (Å²) in [5, 5.41) is 2.66. The molecule has 0 atom stereocenters. The van der Waals surface area contributed by atoms with Crippen molar-refractivity contribution in [2.45, 2.75) is 18.2 Å². The number of anilines is 1. The van der Waals surface area contributed by atoms with Crippen LogP contribution in [0.3, 0.4) is 0 Å². The Hall–Kier alpha value is -2.65. The van der Waals surface area contributed by atoms with E-state index in [-0.39, 0.29) is 16.3 Å². The van der Waals surface area contributed by atoms with Gasteiger partial charge in [-0.05, 0) is 55.3 Å². The summed E-state index contributed by atoms with van der Waals surface area (Å²) in [6, 6.07) is 9.66. The van der Waals surface area contributed by atoms with Crippen molar-refractivity contribution >= 4 is 21.6 Å². The molecular formula is C20H25FN2O5S. The van der Waals surface area contributed by atoms with Gasteiger partial charge in [-0.1, -0.05) is 6.07 Å². The molecule has 0 radical (unpaired) electrons. The standard InChI is InChI=1S/C20H25FN2O5S/c1-15-5-10-18(28-3)19(13-15)29(25,26)23(17-8-6-16(21)7-9-17)14-20(24)22-11-4-12-27-2/h5-10,13H,4,11-12,14H2,1-3H3,(H,22,24). The van der Waals surface area contributed by atoms with E-state index in [0.29, 0.717) is 25.1 Å². The Kier molecular flexibility index (Phi) is 7.98. The first kappa shape index (κ1) is 22.6. The van der Waals surface area contributed by atoms with Gasteiger partial charge in [-0.25, -0.2) is 12.8 Å². The van der Waals surface area contributed by atoms with E-state index in [2.05, 4.69) is 5.32 Å². The summed E-state index contributed by atoms with van der Waals surface area (Å²) in [7, 11) is -1.24. The van der Waals surface area contributed by atoms with Crippen LogP contribution in [0.4, 0.5) is 10.1 Å². The van der Waals surface area contributed by atoms with Gasteiger partial charge < -0.3 is 14.8 Å². The molecule has 0 fully saturated rings. The molecule has 9 heteroatoms. The second kappa shape index (κ2) is 10.2. The molecule has 2 aromatic rings. The number of nitrogens with one attached hydrogen (secondary N) is 1. The number of hydrogen-bond acceptors (Lipinski definition) is 5. The van der Waals surface area contributed by atoms with E-state index in [1.54, 1.807) is 26.2 Å². The smallest absolute Gasteiger partial charge is 0.268 e. The van der Waals surface area contributed by atoms with Crippen LogP contribution >= 0.6 is 0 Å². The minimum Gasteiger partial charge on any atom is -0.495 e. The van der Waals surface area contributed by atoms with Gasteiger partial charge in [0.2, 0.25) is 5.91 Å². The summed E-state index contributed by atoms with van der Waals surface area (Å²) in [4.78, 5) is 12.3. The first-order chi connectivity index (χ1) is 13.8. The predicted octanol–water partition coefficient (Wildman–Crippen LogP) is 2.49. The Morgan fingerprint density at radius 1 is 1.14 bits per heavy atom. The van der Waals surface area contributed by atoms with Gasteiger partial charge in [0.15, 0.2) is 0 Å². The van der Waals surface area contributed by atoms with Crippen molar-refractivity contribution in [3.8, 4) is 5.75 Å². The van der Waals surface area contributed by atoms with E-state index in [9.17, 15) is 17.6 Å². The lowest BCUT2D eigenvalue weighted by atomic mass is 10.2. The lowest BCUT2D eigenvalue weighted by molar-refractivity contribution is -0.119. The fraction of sp³-hybridized carbons (Fsp3) is 0.350. The maximum Gasteiger partial charge on any atom is 0.268 e. The minimum atomic E-state index is -4.16. The zero-order valence-corrected chi connectivity index (χ0v) is 17.5. The van der Waals surface area contributed by atoms with Crippen molar-refractivity contribution in [2.75, 3.05) is 38.2 Å². The summed E-state index contributed by atoms with van der Waals surface area (Å²) >= 11 is 0. The van der Waals surface area contributed by atoms with Crippen molar-refractivity contribution in [1.82, 2.24) is 5.32 Å². The zero-order chi connectivity index (χ0) is 21.4. The number of nitrogens with zero attached hydrogens (tertiary/aromatic N) is 1. The van der Waals surface area contributed by atoms with E-state index in [1.807, 2.05) is 0 Å². The van der Waals surface area contributed by atoms with Crippen molar-refractivity contribution in [3.05, 3.63) is 53.8 Å². The lowest BCUT2D eigenvalue weighted by Gasteiger charge is -2.25. The van der Waals surface area contributed by atoms with E-state index in [1.165, 1.54) is 25.3 Å². The Bertz CT molecular complexity index is 932. The van der Waals surface area contributed by atoms with Crippen LogP contribution in [0, 0.1) is 12.7 Å². The SMILES string of the molecule is COCCCNC(=O)CN(c1ccc(F)cc1)S(=O)(=O)c1cc(C)ccc1OC. The average Bonchev–Trinajstić information content (AvgIpc) is 2.70. The second-order valence-electron chi connectivity index (χ2n) is 6.34. The highest BCUT2D eigenvalue weighted by atomic mass is 32.2. The number of halogens is 1. The number of rotatable bonds is 10. The van der Waals surface area contributed by atoms with E-state index in [4.69, 9.17) is 9.47 Å². The normalized spacial score (nSPS) is 11.2. The van der Waals surface area contributed by atoms with Crippen molar-refractivity contribution in [2.24, 2.45) is 0 Å². The van der Waals surface area contributed by atoms with Crippen LogP contribution in [0.15, 0.2) is 47.4 Å². The predicted molar refractivity (Wildman–Crippen MR) is 108 cm³/mol. The molecule has 0 heterocycles. The third kappa shape index (κ3) is 5.91. The molecule has 1 N–H and O–H groups in total. The highest BCUT2D eigenvalue weighted by molar-refractivity contribution is 7.93. The molecule has 0 unspecified atom stereocenters. The molecule has 0 saturated heterocycles. The highest BCUT2D eigenvalue weighted by Gasteiger charge is 2.30. The van der Waals surface area contributed by atoms with Gasteiger partial charge in [0.05, 0.1) is 12.8 Å². The topological polar surface area (TPSA) is 84.9 Å². The maximum absolute atomic E-state index is 13.4. The summed E-state index contributed by atoms with van der Waals surface area (Å²) in [6.07, 6.45) is 0.594. The number of carbonyl (C=O) groups excluding carboxylic acids is 1. The molecule has 0 aliphatic rings. The first-order valence-electron chi connectivity index (χ1n) is 8.98. The molecule has 0 aliphatic carbocycles. The Balaban J connectivity index is 2.40. The van der Waals surface area contributed by atoms with Crippen LogP contribution in [0.5, 0.6) is 5.75 Å². The summed E-state index contributed by atoms with van der Waals surface area (Å²) in [5.74, 6) is -0.841. The molecule has 1 amide bonds. The van der Waals surface area contributed by atoms with Crippen LogP contribution in [-0.4, -0.2) is 48.2 Å². The van der Waals surface area contributed by atoms with E-state index < -0.39 is 28.3 Å². The molecule has 0 aliphatic heterocycles. The fourth-order valence-electron chi connectivity index (χ4n) is 2.66. The number of methoxy groups -OCH3 is 2. The number of ether oxygens (including phenoxy) is 2.